The molecule has 0 bridgehead atoms. The zero-order valence-corrected chi connectivity index (χ0v) is 21.0. The van der Waals surface area contributed by atoms with E-state index in [1.54, 1.807) is 44.2 Å². The summed E-state index contributed by atoms with van der Waals surface area (Å²) in [4.78, 5) is 27.0. The van der Waals surface area contributed by atoms with Crippen molar-refractivity contribution in [2.75, 3.05) is 24.2 Å². The summed E-state index contributed by atoms with van der Waals surface area (Å²) in [5, 5.41) is 3.21. The summed E-state index contributed by atoms with van der Waals surface area (Å²) in [6, 6.07) is 9.32. The van der Waals surface area contributed by atoms with Gasteiger partial charge in [0.05, 0.1) is 22.0 Å². The minimum atomic E-state index is -3.78. The first-order valence-electron chi connectivity index (χ1n) is 9.85. The molecule has 0 fully saturated rings. The fourth-order valence-electron chi connectivity index (χ4n) is 3.23. The Morgan fingerprint density at radius 2 is 1.75 bits per heavy atom. The maximum absolute atomic E-state index is 13.4. The van der Waals surface area contributed by atoms with Crippen molar-refractivity contribution in [1.82, 2.24) is 10.2 Å². The Morgan fingerprint density at radius 1 is 1.09 bits per heavy atom. The van der Waals surface area contributed by atoms with Gasteiger partial charge in [0, 0.05) is 13.6 Å². The number of carbonyl (C=O) groups excluding carboxylic acids is 2. The standard InChI is InChI=1S/C22H27Cl2N3O4S/c1-14-7-6-8-20(15(14)2)27(32(5,30)31)13-21(28)26(16(3)22(29)25-4)12-17-9-10-18(23)19(24)11-17/h6-11,16H,12-13H2,1-5H3,(H,25,29). The fourth-order valence-corrected chi connectivity index (χ4v) is 4.45. The zero-order chi connectivity index (χ0) is 24.2. The van der Waals surface area contributed by atoms with Crippen LogP contribution in [0, 0.1) is 13.8 Å². The predicted molar refractivity (Wildman–Crippen MR) is 129 cm³/mol. The van der Waals surface area contributed by atoms with E-state index >= 15 is 0 Å². The van der Waals surface area contributed by atoms with Gasteiger partial charge in [-0.1, -0.05) is 41.4 Å². The number of hydrogen-bond acceptors (Lipinski definition) is 4. The fraction of sp³-hybridized carbons (Fsp3) is 0.364. The van der Waals surface area contributed by atoms with E-state index in [-0.39, 0.29) is 12.5 Å². The molecule has 32 heavy (non-hydrogen) atoms. The molecule has 1 unspecified atom stereocenters. The molecule has 0 aromatic heterocycles. The topological polar surface area (TPSA) is 86.8 Å². The lowest BCUT2D eigenvalue weighted by molar-refractivity contribution is -0.139. The van der Waals surface area contributed by atoms with E-state index in [4.69, 9.17) is 23.2 Å². The Labute approximate surface area is 199 Å². The van der Waals surface area contributed by atoms with Crippen LogP contribution in [0.1, 0.15) is 23.6 Å². The van der Waals surface area contributed by atoms with Crippen molar-refractivity contribution in [3.8, 4) is 0 Å². The molecular formula is C22H27Cl2N3O4S. The average molecular weight is 500 g/mol. The van der Waals surface area contributed by atoms with Crippen LogP contribution >= 0.6 is 23.2 Å². The van der Waals surface area contributed by atoms with Crippen molar-refractivity contribution < 1.29 is 18.0 Å². The van der Waals surface area contributed by atoms with Gasteiger partial charge < -0.3 is 10.2 Å². The molecule has 2 aromatic rings. The van der Waals surface area contributed by atoms with Crippen LogP contribution in [0.15, 0.2) is 36.4 Å². The number of nitrogens with zero attached hydrogens (tertiary/aromatic N) is 2. The first-order chi connectivity index (χ1) is 14.9. The predicted octanol–water partition coefficient (Wildman–Crippen LogP) is 3.54. The van der Waals surface area contributed by atoms with Gasteiger partial charge in [-0.3, -0.25) is 13.9 Å². The summed E-state index contributed by atoms with van der Waals surface area (Å²) in [7, 11) is -2.30. The minimum Gasteiger partial charge on any atom is -0.357 e. The molecule has 0 heterocycles. The number of anilines is 1. The van der Waals surface area contributed by atoms with Crippen molar-refractivity contribution in [3.63, 3.8) is 0 Å². The highest BCUT2D eigenvalue weighted by Gasteiger charge is 2.30. The maximum Gasteiger partial charge on any atom is 0.244 e. The van der Waals surface area contributed by atoms with Gasteiger partial charge in [-0.05, 0) is 55.7 Å². The van der Waals surface area contributed by atoms with Gasteiger partial charge in [0.15, 0.2) is 0 Å². The van der Waals surface area contributed by atoms with Gasteiger partial charge in [0.25, 0.3) is 0 Å². The van der Waals surface area contributed by atoms with Crippen LogP contribution in [0.5, 0.6) is 0 Å². The first-order valence-corrected chi connectivity index (χ1v) is 12.5. The van der Waals surface area contributed by atoms with Crippen LogP contribution in [0.3, 0.4) is 0 Å². The molecule has 0 aliphatic carbocycles. The average Bonchev–Trinajstić information content (AvgIpc) is 2.73. The van der Waals surface area contributed by atoms with Gasteiger partial charge in [0.1, 0.15) is 12.6 Å². The summed E-state index contributed by atoms with van der Waals surface area (Å²) in [5.41, 5.74) is 2.72. The Hall–Kier alpha value is -2.29. The van der Waals surface area contributed by atoms with E-state index in [1.165, 1.54) is 11.9 Å². The van der Waals surface area contributed by atoms with Crippen molar-refractivity contribution in [2.24, 2.45) is 0 Å². The van der Waals surface area contributed by atoms with Crippen LogP contribution in [0.2, 0.25) is 10.0 Å². The second-order valence-electron chi connectivity index (χ2n) is 7.55. The van der Waals surface area contributed by atoms with E-state index in [0.717, 1.165) is 21.7 Å². The van der Waals surface area contributed by atoms with Crippen LogP contribution in [-0.2, 0) is 26.2 Å². The zero-order valence-electron chi connectivity index (χ0n) is 18.6. The van der Waals surface area contributed by atoms with Gasteiger partial charge in [-0.2, -0.15) is 0 Å². The number of carbonyl (C=O) groups is 2. The summed E-state index contributed by atoms with van der Waals surface area (Å²) >= 11 is 12.1. The van der Waals surface area contributed by atoms with Gasteiger partial charge in [-0.25, -0.2) is 8.42 Å². The lowest BCUT2D eigenvalue weighted by atomic mass is 10.1. The van der Waals surface area contributed by atoms with Gasteiger partial charge >= 0.3 is 0 Å². The van der Waals surface area contributed by atoms with Gasteiger partial charge in [0.2, 0.25) is 21.8 Å². The SMILES string of the molecule is CNC(=O)C(C)N(Cc1ccc(Cl)c(Cl)c1)C(=O)CN(c1cccc(C)c1C)S(C)(=O)=O. The molecule has 0 aliphatic heterocycles. The quantitative estimate of drug-likeness (QED) is 0.601. The normalized spacial score (nSPS) is 12.2. The molecule has 0 saturated carbocycles. The third-order valence-electron chi connectivity index (χ3n) is 5.27. The second kappa shape index (κ2) is 10.6. The lowest BCUT2D eigenvalue weighted by Gasteiger charge is -2.32. The van der Waals surface area contributed by atoms with Crippen LogP contribution in [0.4, 0.5) is 5.69 Å². The second-order valence-corrected chi connectivity index (χ2v) is 10.3. The molecule has 0 saturated heterocycles. The van der Waals surface area contributed by atoms with Crippen molar-refractivity contribution >= 4 is 50.7 Å². The summed E-state index contributed by atoms with van der Waals surface area (Å²) < 4.78 is 26.3. The number of halogens is 2. The number of benzene rings is 2. The smallest absolute Gasteiger partial charge is 0.244 e. The molecule has 2 rings (SSSR count). The van der Waals surface area contributed by atoms with E-state index in [0.29, 0.717) is 21.3 Å². The number of hydrogen-bond donors (Lipinski definition) is 1. The van der Waals surface area contributed by atoms with Crippen molar-refractivity contribution in [2.45, 2.75) is 33.4 Å². The third kappa shape index (κ3) is 6.15. The van der Waals surface area contributed by atoms with Crippen molar-refractivity contribution in [1.29, 1.82) is 0 Å². The molecule has 0 radical (unpaired) electrons. The summed E-state index contributed by atoms with van der Waals surface area (Å²) in [5.74, 6) is -0.908. The molecule has 2 aromatic carbocycles. The Morgan fingerprint density at radius 3 is 2.31 bits per heavy atom. The largest absolute Gasteiger partial charge is 0.357 e. The molecule has 0 spiro atoms. The molecule has 7 nitrogen and oxygen atoms in total. The molecule has 1 N–H and O–H groups in total. The number of rotatable bonds is 8. The van der Waals surface area contributed by atoms with E-state index in [9.17, 15) is 18.0 Å². The highest BCUT2D eigenvalue weighted by molar-refractivity contribution is 7.92. The third-order valence-corrected chi connectivity index (χ3v) is 7.14. The Balaban J connectivity index is 2.45. The molecule has 0 aliphatic rings. The molecule has 174 valence electrons. The molecule has 1 atom stereocenters. The van der Waals surface area contributed by atoms with Crippen LogP contribution in [-0.4, -0.2) is 51.0 Å². The summed E-state index contributed by atoms with van der Waals surface area (Å²) in [6.45, 7) is 4.84. The Bertz CT molecular complexity index is 1120. The van der Waals surface area contributed by atoms with E-state index in [2.05, 4.69) is 5.32 Å². The molecule has 2 amide bonds. The monoisotopic (exact) mass is 499 g/mol. The van der Waals surface area contributed by atoms with E-state index in [1.807, 2.05) is 13.0 Å². The number of likely N-dealkylation sites (N-methyl/N-ethyl adjacent to an activating group) is 1. The number of aryl methyl sites for hydroxylation is 1. The number of sulfonamides is 1. The lowest BCUT2D eigenvalue weighted by Crippen LogP contribution is -2.50. The Kier molecular flexibility index (Phi) is 8.56. The van der Waals surface area contributed by atoms with Crippen LogP contribution in [0.25, 0.3) is 0 Å². The number of nitrogens with one attached hydrogen (secondary N) is 1. The minimum absolute atomic E-state index is 0.0503. The summed E-state index contributed by atoms with van der Waals surface area (Å²) in [6.07, 6.45) is 1.05. The molecular weight excluding hydrogens is 473 g/mol. The molecule has 10 heteroatoms. The highest BCUT2D eigenvalue weighted by atomic mass is 35.5. The van der Waals surface area contributed by atoms with Crippen molar-refractivity contribution in [3.05, 3.63) is 63.1 Å². The van der Waals surface area contributed by atoms with E-state index < -0.39 is 28.5 Å². The number of amides is 2. The van der Waals surface area contributed by atoms with Gasteiger partial charge in [-0.15, -0.1) is 0 Å². The first kappa shape index (κ1) is 26.0. The maximum atomic E-state index is 13.4. The highest BCUT2D eigenvalue weighted by Crippen LogP contribution is 2.26. The van der Waals surface area contributed by atoms with Crippen LogP contribution < -0.4 is 9.62 Å².